The van der Waals surface area contributed by atoms with Gasteiger partial charge in [0.1, 0.15) is 12.4 Å². The minimum Gasteiger partial charge on any atom is -0.490 e. The van der Waals surface area contributed by atoms with Crippen LogP contribution in [0.5, 0.6) is 5.75 Å². The predicted octanol–water partition coefficient (Wildman–Crippen LogP) is 1.47. The van der Waals surface area contributed by atoms with Crippen LogP contribution in [-0.4, -0.2) is 49.1 Å². The maximum atomic E-state index is 11.6. The molecule has 0 aromatic carbocycles. The number of unbranched alkanes of at least 4 members (excludes halogenated alkanes) is 1. The Balaban J connectivity index is 1.70. The summed E-state index contributed by atoms with van der Waals surface area (Å²) in [7, 11) is 2.14. The summed E-state index contributed by atoms with van der Waals surface area (Å²) in [5, 5.41) is 2.86. The van der Waals surface area contributed by atoms with Crippen molar-refractivity contribution in [2.75, 3.05) is 33.3 Å². The van der Waals surface area contributed by atoms with Crippen LogP contribution in [0.3, 0.4) is 0 Å². The third-order valence-corrected chi connectivity index (χ3v) is 4.19. The molecule has 2 heterocycles. The van der Waals surface area contributed by atoms with Gasteiger partial charge < -0.3 is 15.8 Å². The molecule has 0 bridgehead atoms. The van der Waals surface area contributed by atoms with Crippen LogP contribution < -0.4 is 15.8 Å². The summed E-state index contributed by atoms with van der Waals surface area (Å²) in [5.41, 5.74) is 6.61. The van der Waals surface area contributed by atoms with Gasteiger partial charge >= 0.3 is 0 Å². The molecule has 1 aliphatic heterocycles. The molecule has 1 aromatic rings. The summed E-state index contributed by atoms with van der Waals surface area (Å²) >= 11 is 0. The lowest BCUT2D eigenvalue weighted by Gasteiger charge is -2.19. The Kier molecular flexibility index (Phi) is 7.29. The number of carbonyl (C=O) groups excluding carboxylic acids is 1. The highest BCUT2D eigenvalue weighted by molar-refractivity contribution is 5.75. The smallest absolute Gasteiger partial charge is 0.220 e. The summed E-state index contributed by atoms with van der Waals surface area (Å²) in [6.07, 6.45) is 8.29. The number of pyridine rings is 1. The predicted molar refractivity (Wildman–Crippen MR) is 90.3 cm³/mol. The third-order valence-electron chi connectivity index (χ3n) is 4.19. The van der Waals surface area contributed by atoms with Crippen molar-refractivity contribution in [1.29, 1.82) is 0 Å². The van der Waals surface area contributed by atoms with Crippen LogP contribution in [0.1, 0.15) is 43.7 Å². The number of nitrogens with one attached hydrogen (secondary N) is 1. The summed E-state index contributed by atoms with van der Waals surface area (Å²) in [6, 6.07) is 2.50. The van der Waals surface area contributed by atoms with Gasteiger partial charge in [0.2, 0.25) is 5.91 Å². The maximum Gasteiger partial charge on any atom is 0.220 e. The van der Waals surface area contributed by atoms with Crippen LogP contribution >= 0.6 is 0 Å². The number of nitrogens with two attached hydrogens (primary N) is 1. The van der Waals surface area contributed by atoms with E-state index in [1.807, 2.05) is 6.20 Å². The van der Waals surface area contributed by atoms with E-state index in [9.17, 15) is 4.79 Å². The van der Waals surface area contributed by atoms with Gasteiger partial charge in [-0.05, 0) is 57.5 Å². The Bertz CT molecular complexity index is 495. The highest BCUT2D eigenvalue weighted by Crippen LogP contribution is 2.31. The molecule has 1 aromatic heterocycles. The zero-order chi connectivity index (χ0) is 16.5. The van der Waals surface area contributed by atoms with E-state index in [4.69, 9.17) is 10.5 Å². The van der Waals surface area contributed by atoms with Gasteiger partial charge in [-0.15, -0.1) is 0 Å². The highest BCUT2D eigenvalue weighted by Gasteiger charge is 2.22. The van der Waals surface area contributed by atoms with E-state index in [0.29, 0.717) is 32.2 Å². The van der Waals surface area contributed by atoms with Gasteiger partial charge in [-0.3, -0.25) is 14.7 Å². The van der Waals surface area contributed by atoms with E-state index in [2.05, 4.69) is 28.3 Å². The van der Waals surface area contributed by atoms with Crippen LogP contribution in [0, 0.1) is 0 Å². The molecule has 2 rings (SSSR count). The topological polar surface area (TPSA) is 80.5 Å². The molecular formula is C17H28N4O2. The van der Waals surface area contributed by atoms with Crippen molar-refractivity contribution in [1.82, 2.24) is 15.2 Å². The van der Waals surface area contributed by atoms with Gasteiger partial charge in [0.25, 0.3) is 0 Å². The average molecular weight is 320 g/mol. The first-order valence-corrected chi connectivity index (χ1v) is 8.45. The van der Waals surface area contributed by atoms with Gasteiger partial charge in [-0.2, -0.15) is 0 Å². The van der Waals surface area contributed by atoms with Crippen molar-refractivity contribution < 1.29 is 9.53 Å². The van der Waals surface area contributed by atoms with Crippen LogP contribution in [0.25, 0.3) is 0 Å². The summed E-state index contributed by atoms with van der Waals surface area (Å²) in [4.78, 5) is 18.2. The monoisotopic (exact) mass is 320 g/mol. The number of likely N-dealkylation sites (tertiary alicyclic amines) is 1. The van der Waals surface area contributed by atoms with Gasteiger partial charge in [0, 0.05) is 18.7 Å². The minimum absolute atomic E-state index is 0.0570. The molecule has 1 amide bonds. The lowest BCUT2D eigenvalue weighted by atomic mass is 10.1. The molecule has 0 radical (unpaired) electrons. The quantitative estimate of drug-likeness (QED) is 0.674. The molecule has 0 aliphatic carbocycles. The van der Waals surface area contributed by atoms with Crippen LogP contribution in [0.4, 0.5) is 0 Å². The van der Waals surface area contributed by atoms with E-state index >= 15 is 0 Å². The van der Waals surface area contributed by atoms with Gasteiger partial charge in [-0.1, -0.05) is 0 Å². The summed E-state index contributed by atoms with van der Waals surface area (Å²) in [5.74, 6) is 0.821. The van der Waals surface area contributed by atoms with Crippen molar-refractivity contribution in [2.24, 2.45) is 5.73 Å². The summed E-state index contributed by atoms with van der Waals surface area (Å²) in [6.45, 7) is 2.73. The average Bonchev–Trinajstić information content (AvgIpc) is 2.98. The fourth-order valence-corrected chi connectivity index (χ4v) is 2.91. The number of aromatic nitrogens is 1. The van der Waals surface area contributed by atoms with E-state index in [-0.39, 0.29) is 5.91 Å². The second-order valence-electron chi connectivity index (χ2n) is 6.04. The Morgan fingerprint density at radius 2 is 2.35 bits per heavy atom. The van der Waals surface area contributed by atoms with Crippen molar-refractivity contribution in [3.8, 4) is 5.75 Å². The molecule has 0 spiro atoms. The van der Waals surface area contributed by atoms with Crippen LogP contribution in [-0.2, 0) is 4.79 Å². The number of amides is 1. The first-order valence-electron chi connectivity index (χ1n) is 8.45. The van der Waals surface area contributed by atoms with Crippen LogP contribution in [0.2, 0.25) is 0 Å². The van der Waals surface area contributed by atoms with E-state index in [1.165, 1.54) is 18.4 Å². The highest BCUT2D eigenvalue weighted by atomic mass is 16.5. The first kappa shape index (κ1) is 17.7. The number of rotatable bonds is 9. The molecule has 1 atom stereocenters. The fraction of sp³-hybridized carbons (Fsp3) is 0.647. The lowest BCUT2D eigenvalue weighted by Crippen LogP contribution is -2.28. The third kappa shape index (κ3) is 5.80. The summed E-state index contributed by atoms with van der Waals surface area (Å²) < 4.78 is 5.70. The number of hydrogen-bond donors (Lipinski definition) is 2. The Hall–Kier alpha value is -1.66. The second kappa shape index (κ2) is 9.47. The number of carbonyl (C=O) groups is 1. The molecule has 1 saturated heterocycles. The SMILES string of the molecule is CN1CCC[C@H]1c1cncc(OCCNC(=O)CCCCN)c1. The second-order valence-corrected chi connectivity index (χ2v) is 6.04. The lowest BCUT2D eigenvalue weighted by molar-refractivity contribution is -0.121. The van der Waals surface area contributed by atoms with Gasteiger partial charge in [-0.25, -0.2) is 0 Å². The van der Waals surface area contributed by atoms with Crippen molar-refractivity contribution in [2.45, 2.75) is 38.1 Å². The van der Waals surface area contributed by atoms with Crippen molar-refractivity contribution >= 4 is 5.91 Å². The Morgan fingerprint density at radius 1 is 1.48 bits per heavy atom. The molecule has 128 valence electrons. The van der Waals surface area contributed by atoms with E-state index in [1.54, 1.807) is 6.20 Å². The Labute approximate surface area is 138 Å². The molecule has 1 aliphatic rings. The minimum atomic E-state index is 0.0570. The first-order chi connectivity index (χ1) is 11.2. The fourth-order valence-electron chi connectivity index (χ4n) is 2.91. The zero-order valence-corrected chi connectivity index (χ0v) is 14.0. The maximum absolute atomic E-state index is 11.6. The standard InChI is InChI=1S/C17H28N4O2/c1-21-9-4-5-16(21)14-11-15(13-19-12-14)23-10-8-20-17(22)6-2-3-7-18/h11-13,16H,2-10,18H2,1H3,(H,20,22)/t16-/m0/s1. The molecule has 3 N–H and O–H groups in total. The van der Waals surface area contributed by atoms with Gasteiger partial charge in [0.15, 0.2) is 0 Å². The number of ether oxygens (including phenoxy) is 1. The Morgan fingerprint density at radius 3 is 3.09 bits per heavy atom. The van der Waals surface area contributed by atoms with E-state index < -0.39 is 0 Å². The molecule has 1 fully saturated rings. The molecule has 6 heteroatoms. The molecular weight excluding hydrogens is 292 g/mol. The molecule has 0 unspecified atom stereocenters. The molecule has 23 heavy (non-hydrogen) atoms. The number of nitrogens with zero attached hydrogens (tertiary/aromatic N) is 2. The van der Waals surface area contributed by atoms with Crippen molar-refractivity contribution in [3.05, 3.63) is 24.0 Å². The zero-order valence-electron chi connectivity index (χ0n) is 14.0. The number of hydrogen-bond acceptors (Lipinski definition) is 5. The largest absolute Gasteiger partial charge is 0.490 e. The van der Waals surface area contributed by atoms with Crippen LogP contribution in [0.15, 0.2) is 18.5 Å². The van der Waals surface area contributed by atoms with E-state index in [0.717, 1.165) is 25.1 Å². The molecule has 0 saturated carbocycles. The molecule has 6 nitrogen and oxygen atoms in total. The van der Waals surface area contributed by atoms with Gasteiger partial charge in [0.05, 0.1) is 12.7 Å². The normalized spacial score (nSPS) is 18.1. The van der Waals surface area contributed by atoms with Crippen molar-refractivity contribution in [3.63, 3.8) is 0 Å².